The molecule has 0 radical (unpaired) electrons. The van der Waals surface area contributed by atoms with E-state index in [9.17, 15) is 0 Å². The largest absolute Gasteiger partial charge is 0.311 e. The first-order valence-electron chi connectivity index (χ1n) is 5.86. The number of nitrogens with one attached hydrogen (secondary N) is 1. The number of rotatable bonds is 2. The van der Waals surface area contributed by atoms with Crippen molar-refractivity contribution in [3.05, 3.63) is 35.4 Å². The molecule has 1 saturated heterocycles. The minimum absolute atomic E-state index is 0.342. The van der Waals surface area contributed by atoms with Gasteiger partial charge in [0.2, 0.25) is 0 Å². The van der Waals surface area contributed by atoms with Crippen LogP contribution in [0.3, 0.4) is 0 Å². The lowest BCUT2D eigenvalue weighted by Crippen LogP contribution is -2.31. The SMILES string of the molecule is Cc1cccc(CC2CNC(C)(C)C2)c1. The Morgan fingerprint density at radius 2 is 2.20 bits per heavy atom. The van der Waals surface area contributed by atoms with Gasteiger partial charge in [-0.15, -0.1) is 0 Å². The monoisotopic (exact) mass is 203 g/mol. The summed E-state index contributed by atoms with van der Waals surface area (Å²) in [5.74, 6) is 0.807. The maximum Gasteiger partial charge on any atom is 0.0128 e. The molecule has 82 valence electrons. The molecule has 1 unspecified atom stereocenters. The van der Waals surface area contributed by atoms with Crippen molar-refractivity contribution in [2.75, 3.05) is 6.54 Å². The third-order valence-electron chi connectivity index (χ3n) is 3.28. The predicted molar refractivity (Wildman–Crippen MR) is 65.1 cm³/mol. The second-order valence-electron chi connectivity index (χ2n) is 5.53. The van der Waals surface area contributed by atoms with Gasteiger partial charge in [0.15, 0.2) is 0 Å². The summed E-state index contributed by atoms with van der Waals surface area (Å²) in [4.78, 5) is 0. The molecule has 1 N–H and O–H groups in total. The van der Waals surface area contributed by atoms with Gasteiger partial charge < -0.3 is 5.32 Å². The molecule has 0 bridgehead atoms. The van der Waals surface area contributed by atoms with Gasteiger partial charge in [0.05, 0.1) is 0 Å². The fraction of sp³-hybridized carbons (Fsp3) is 0.571. The molecule has 1 aromatic carbocycles. The first-order valence-corrected chi connectivity index (χ1v) is 5.86. The van der Waals surface area contributed by atoms with Crippen molar-refractivity contribution in [1.82, 2.24) is 5.32 Å². The Bertz CT molecular complexity index is 341. The highest BCUT2D eigenvalue weighted by atomic mass is 15.0. The fourth-order valence-corrected chi connectivity index (χ4v) is 2.60. The first-order chi connectivity index (χ1) is 7.05. The molecule has 1 heterocycles. The first kappa shape index (κ1) is 10.7. The quantitative estimate of drug-likeness (QED) is 0.779. The molecule has 1 heteroatoms. The Balaban J connectivity index is 1.99. The average molecular weight is 203 g/mol. The molecule has 0 saturated carbocycles. The van der Waals surface area contributed by atoms with E-state index in [1.807, 2.05) is 0 Å². The van der Waals surface area contributed by atoms with E-state index in [1.165, 1.54) is 30.5 Å². The van der Waals surface area contributed by atoms with E-state index in [1.54, 1.807) is 0 Å². The van der Waals surface area contributed by atoms with E-state index in [4.69, 9.17) is 0 Å². The van der Waals surface area contributed by atoms with Crippen LogP contribution < -0.4 is 5.32 Å². The summed E-state index contributed by atoms with van der Waals surface area (Å²) >= 11 is 0. The Hall–Kier alpha value is -0.820. The minimum atomic E-state index is 0.342. The van der Waals surface area contributed by atoms with E-state index < -0.39 is 0 Å². The number of benzene rings is 1. The summed E-state index contributed by atoms with van der Waals surface area (Å²) in [6, 6.07) is 8.89. The molecule has 1 nitrogen and oxygen atoms in total. The zero-order chi connectivity index (χ0) is 10.9. The second kappa shape index (κ2) is 3.97. The Kier molecular flexibility index (Phi) is 2.83. The van der Waals surface area contributed by atoms with E-state index in [0.29, 0.717) is 5.54 Å². The third-order valence-corrected chi connectivity index (χ3v) is 3.28. The van der Waals surface area contributed by atoms with Gasteiger partial charge in [-0.1, -0.05) is 29.8 Å². The van der Waals surface area contributed by atoms with E-state index in [2.05, 4.69) is 50.4 Å². The molecule has 1 aliphatic heterocycles. The van der Waals surface area contributed by atoms with E-state index >= 15 is 0 Å². The van der Waals surface area contributed by atoms with Crippen LogP contribution in [0, 0.1) is 12.8 Å². The maximum absolute atomic E-state index is 3.58. The summed E-state index contributed by atoms with van der Waals surface area (Å²) < 4.78 is 0. The summed E-state index contributed by atoms with van der Waals surface area (Å²) in [6.07, 6.45) is 2.51. The van der Waals surface area contributed by atoms with Gasteiger partial charge >= 0.3 is 0 Å². The zero-order valence-corrected chi connectivity index (χ0v) is 10.0. The van der Waals surface area contributed by atoms with Gasteiger partial charge in [0.1, 0.15) is 0 Å². The van der Waals surface area contributed by atoms with Gasteiger partial charge in [0.25, 0.3) is 0 Å². The Labute approximate surface area is 92.9 Å². The molecule has 1 atom stereocenters. The van der Waals surface area contributed by atoms with Crippen molar-refractivity contribution in [1.29, 1.82) is 0 Å². The molecule has 0 aliphatic carbocycles. The van der Waals surface area contributed by atoms with Crippen molar-refractivity contribution in [2.45, 2.75) is 39.2 Å². The molecular formula is C14H21N. The zero-order valence-electron chi connectivity index (χ0n) is 10.0. The van der Waals surface area contributed by atoms with Crippen LogP contribution in [0.2, 0.25) is 0 Å². The summed E-state index contributed by atoms with van der Waals surface area (Å²) in [5, 5.41) is 3.58. The number of aryl methyl sites for hydroxylation is 1. The van der Waals surface area contributed by atoms with Crippen molar-refractivity contribution < 1.29 is 0 Å². The van der Waals surface area contributed by atoms with Gasteiger partial charge in [-0.05, 0) is 51.6 Å². The highest BCUT2D eigenvalue weighted by Crippen LogP contribution is 2.26. The predicted octanol–water partition coefficient (Wildman–Crippen LogP) is 2.93. The molecule has 1 aliphatic rings. The van der Waals surface area contributed by atoms with Crippen molar-refractivity contribution in [3.63, 3.8) is 0 Å². The molecule has 0 spiro atoms. The second-order valence-corrected chi connectivity index (χ2v) is 5.53. The van der Waals surface area contributed by atoms with Gasteiger partial charge in [-0.25, -0.2) is 0 Å². The Morgan fingerprint density at radius 3 is 2.80 bits per heavy atom. The summed E-state index contributed by atoms with van der Waals surface area (Å²) in [6.45, 7) is 7.92. The highest BCUT2D eigenvalue weighted by molar-refractivity contribution is 5.23. The van der Waals surface area contributed by atoms with Crippen LogP contribution in [-0.4, -0.2) is 12.1 Å². The van der Waals surface area contributed by atoms with Gasteiger partial charge in [0, 0.05) is 5.54 Å². The molecule has 15 heavy (non-hydrogen) atoms. The molecule has 1 aromatic rings. The topological polar surface area (TPSA) is 12.0 Å². The highest BCUT2D eigenvalue weighted by Gasteiger charge is 2.29. The number of hydrogen-bond donors (Lipinski definition) is 1. The standard InChI is InChI=1S/C14H21N/c1-11-5-4-6-12(7-11)8-13-9-14(2,3)15-10-13/h4-7,13,15H,8-10H2,1-3H3. The molecule has 1 fully saturated rings. The minimum Gasteiger partial charge on any atom is -0.311 e. The maximum atomic E-state index is 3.58. The van der Waals surface area contributed by atoms with Crippen LogP contribution in [0.15, 0.2) is 24.3 Å². The van der Waals surface area contributed by atoms with Crippen LogP contribution in [0.1, 0.15) is 31.4 Å². The van der Waals surface area contributed by atoms with E-state index in [-0.39, 0.29) is 0 Å². The van der Waals surface area contributed by atoms with Crippen LogP contribution in [-0.2, 0) is 6.42 Å². The lowest BCUT2D eigenvalue weighted by atomic mass is 9.91. The smallest absolute Gasteiger partial charge is 0.0128 e. The van der Waals surface area contributed by atoms with Crippen LogP contribution in [0.4, 0.5) is 0 Å². The third kappa shape index (κ3) is 2.82. The van der Waals surface area contributed by atoms with Gasteiger partial charge in [-0.2, -0.15) is 0 Å². The lowest BCUT2D eigenvalue weighted by molar-refractivity contribution is 0.440. The molecule has 0 aromatic heterocycles. The fourth-order valence-electron chi connectivity index (χ4n) is 2.60. The summed E-state index contributed by atoms with van der Waals surface area (Å²) in [5.41, 5.74) is 3.20. The van der Waals surface area contributed by atoms with Crippen molar-refractivity contribution >= 4 is 0 Å². The normalized spacial score (nSPS) is 24.3. The van der Waals surface area contributed by atoms with E-state index in [0.717, 1.165) is 5.92 Å². The molecular weight excluding hydrogens is 182 g/mol. The van der Waals surface area contributed by atoms with Crippen LogP contribution >= 0.6 is 0 Å². The van der Waals surface area contributed by atoms with Crippen LogP contribution in [0.25, 0.3) is 0 Å². The van der Waals surface area contributed by atoms with Gasteiger partial charge in [-0.3, -0.25) is 0 Å². The molecule has 0 amide bonds. The van der Waals surface area contributed by atoms with Crippen LogP contribution in [0.5, 0.6) is 0 Å². The number of hydrogen-bond acceptors (Lipinski definition) is 1. The lowest BCUT2D eigenvalue weighted by Gasteiger charge is -2.17. The summed E-state index contributed by atoms with van der Waals surface area (Å²) in [7, 11) is 0. The molecule has 2 rings (SSSR count). The average Bonchev–Trinajstić information content (AvgIpc) is 2.45. The Morgan fingerprint density at radius 1 is 1.40 bits per heavy atom. The van der Waals surface area contributed by atoms with Crippen molar-refractivity contribution in [3.8, 4) is 0 Å². The van der Waals surface area contributed by atoms with Crippen molar-refractivity contribution in [2.24, 2.45) is 5.92 Å².